The summed E-state index contributed by atoms with van der Waals surface area (Å²) in [6.45, 7) is -0.646. The fourth-order valence-electron chi connectivity index (χ4n) is 3.60. The molecule has 0 amide bonds. The Balaban J connectivity index is 1.66. The molecule has 1 aliphatic rings. The number of anilines is 1. The SMILES string of the molecule is CS(=O)(=O)c1ccc(N2Cc3ccnc(-c4ccc(F)cc4OCC(F)(F)F)c3C2)cc1. The van der Waals surface area contributed by atoms with Gasteiger partial charge < -0.3 is 9.64 Å². The summed E-state index contributed by atoms with van der Waals surface area (Å²) in [5.74, 6) is -0.953. The third-order valence-corrected chi connectivity index (χ3v) is 6.21. The molecule has 0 N–H and O–H groups in total. The Morgan fingerprint density at radius 3 is 2.44 bits per heavy atom. The van der Waals surface area contributed by atoms with Crippen LogP contribution in [-0.2, 0) is 22.9 Å². The molecule has 3 aromatic rings. The maximum atomic E-state index is 13.7. The van der Waals surface area contributed by atoms with Crippen LogP contribution in [0.15, 0.2) is 59.6 Å². The molecule has 0 radical (unpaired) electrons. The van der Waals surface area contributed by atoms with E-state index in [1.165, 1.54) is 18.2 Å². The number of ether oxygens (including phenoxy) is 1. The second-order valence-electron chi connectivity index (χ2n) is 7.46. The lowest BCUT2D eigenvalue weighted by Gasteiger charge is -2.18. The van der Waals surface area contributed by atoms with Gasteiger partial charge in [-0.2, -0.15) is 13.2 Å². The predicted molar refractivity (Wildman–Crippen MR) is 111 cm³/mol. The molecule has 10 heteroatoms. The summed E-state index contributed by atoms with van der Waals surface area (Å²) in [6.07, 6.45) is -1.89. The van der Waals surface area contributed by atoms with Gasteiger partial charge in [-0.05, 0) is 48.0 Å². The highest BCUT2D eigenvalue weighted by Crippen LogP contribution is 2.38. The molecule has 32 heavy (non-hydrogen) atoms. The molecule has 0 fully saturated rings. The lowest BCUT2D eigenvalue weighted by molar-refractivity contribution is -0.153. The van der Waals surface area contributed by atoms with E-state index in [1.54, 1.807) is 18.3 Å². The minimum absolute atomic E-state index is 0.207. The van der Waals surface area contributed by atoms with E-state index in [9.17, 15) is 26.0 Å². The fourth-order valence-corrected chi connectivity index (χ4v) is 4.23. The minimum Gasteiger partial charge on any atom is -0.483 e. The summed E-state index contributed by atoms with van der Waals surface area (Å²) in [7, 11) is -3.32. The van der Waals surface area contributed by atoms with Gasteiger partial charge in [0, 0.05) is 48.4 Å². The molecule has 0 bridgehead atoms. The van der Waals surface area contributed by atoms with Crippen LogP contribution in [0.1, 0.15) is 11.1 Å². The van der Waals surface area contributed by atoms with E-state index in [0.29, 0.717) is 18.8 Å². The van der Waals surface area contributed by atoms with Crippen molar-refractivity contribution in [2.45, 2.75) is 24.2 Å². The number of sulfone groups is 1. The number of rotatable bonds is 5. The van der Waals surface area contributed by atoms with Crippen molar-refractivity contribution in [2.75, 3.05) is 17.8 Å². The molecule has 168 valence electrons. The van der Waals surface area contributed by atoms with Crippen LogP contribution in [0, 0.1) is 5.82 Å². The normalized spacial score (nSPS) is 13.8. The molecule has 0 spiro atoms. The van der Waals surface area contributed by atoms with Crippen molar-refractivity contribution in [1.29, 1.82) is 0 Å². The quantitative estimate of drug-likeness (QED) is 0.508. The number of nitrogens with zero attached hydrogens (tertiary/aromatic N) is 2. The molecule has 0 saturated carbocycles. The van der Waals surface area contributed by atoms with E-state index in [2.05, 4.69) is 4.98 Å². The Hall–Kier alpha value is -3.14. The van der Waals surface area contributed by atoms with Gasteiger partial charge in [0.05, 0.1) is 10.6 Å². The monoisotopic (exact) mass is 466 g/mol. The second kappa shape index (κ2) is 8.09. The summed E-state index contributed by atoms with van der Waals surface area (Å²) >= 11 is 0. The van der Waals surface area contributed by atoms with Gasteiger partial charge >= 0.3 is 6.18 Å². The molecule has 1 aromatic heterocycles. The van der Waals surface area contributed by atoms with E-state index in [1.807, 2.05) is 11.0 Å². The molecule has 0 atom stereocenters. The molecule has 0 aliphatic carbocycles. The van der Waals surface area contributed by atoms with Crippen LogP contribution in [0.5, 0.6) is 5.75 Å². The maximum absolute atomic E-state index is 13.7. The molecule has 1 aliphatic heterocycles. The zero-order chi connectivity index (χ0) is 23.1. The van der Waals surface area contributed by atoms with Crippen molar-refractivity contribution in [3.63, 3.8) is 0 Å². The first-order valence-electron chi connectivity index (χ1n) is 9.52. The Morgan fingerprint density at radius 1 is 1.06 bits per heavy atom. The van der Waals surface area contributed by atoms with Crippen LogP contribution in [0.3, 0.4) is 0 Å². The topological polar surface area (TPSA) is 59.5 Å². The van der Waals surface area contributed by atoms with Crippen molar-refractivity contribution in [1.82, 2.24) is 4.98 Å². The average molecular weight is 466 g/mol. The van der Waals surface area contributed by atoms with Crippen LogP contribution in [0.2, 0.25) is 0 Å². The number of hydrogen-bond acceptors (Lipinski definition) is 5. The number of fused-ring (bicyclic) bond motifs is 1. The van der Waals surface area contributed by atoms with E-state index < -0.39 is 28.4 Å². The maximum Gasteiger partial charge on any atom is 0.422 e. The first kappa shape index (κ1) is 22.1. The van der Waals surface area contributed by atoms with Crippen LogP contribution in [-0.4, -0.2) is 32.4 Å². The van der Waals surface area contributed by atoms with Gasteiger partial charge in [0.25, 0.3) is 0 Å². The molecule has 0 saturated heterocycles. The molecule has 4 rings (SSSR count). The summed E-state index contributed by atoms with van der Waals surface area (Å²) in [5, 5.41) is 0. The summed E-state index contributed by atoms with van der Waals surface area (Å²) in [4.78, 5) is 6.53. The molecule has 2 aromatic carbocycles. The van der Waals surface area contributed by atoms with Gasteiger partial charge in [0.15, 0.2) is 16.4 Å². The Bertz CT molecular complexity index is 1260. The van der Waals surface area contributed by atoms with Gasteiger partial charge in [0.2, 0.25) is 0 Å². The van der Waals surface area contributed by atoms with Gasteiger partial charge in [0.1, 0.15) is 11.6 Å². The Morgan fingerprint density at radius 2 is 1.78 bits per heavy atom. The summed E-state index contributed by atoms with van der Waals surface area (Å²) in [5.41, 5.74) is 3.15. The van der Waals surface area contributed by atoms with Gasteiger partial charge in [-0.1, -0.05) is 0 Å². The Kier molecular flexibility index (Phi) is 5.58. The number of halogens is 4. The van der Waals surface area contributed by atoms with Crippen molar-refractivity contribution >= 4 is 15.5 Å². The van der Waals surface area contributed by atoms with E-state index in [0.717, 1.165) is 35.2 Å². The summed E-state index contributed by atoms with van der Waals surface area (Å²) in [6, 6.07) is 11.7. The second-order valence-corrected chi connectivity index (χ2v) is 9.48. The number of benzene rings is 2. The summed E-state index contributed by atoms with van der Waals surface area (Å²) < 4.78 is 79.9. The zero-order valence-corrected chi connectivity index (χ0v) is 17.7. The van der Waals surface area contributed by atoms with Crippen molar-refractivity contribution in [3.8, 4) is 17.0 Å². The molecule has 2 heterocycles. The van der Waals surface area contributed by atoms with Crippen molar-refractivity contribution in [3.05, 3.63) is 71.7 Å². The van der Waals surface area contributed by atoms with Gasteiger partial charge in [-0.15, -0.1) is 0 Å². The lowest BCUT2D eigenvalue weighted by atomic mass is 10.0. The van der Waals surface area contributed by atoms with Crippen molar-refractivity contribution < 1.29 is 30.7 Å². The van der Waals surface area contributed by atoms with Crippen LogP contribution in [0.4, 0.5) is 23.2 Å². The fraction of sp³-hybridized carbons (Fsp3) is 0.227. The highest BCUT2D eigenvalue weighted by atomic mass is 32.2. The van der Waals surface area contributed by atoms with E-state index in [4.69, 9.17) is 4.74 Å². The largest absolute Gasteiger partial charge is 0.483 e. The number of pyridine rings is 1. The Labute approximate surface area is 182 Å². The lowest BCUT2D eigenvalue weighted by Crippen LogP contribution is -2.19. The third kappa shape index (κ3) is 4.69. The van der Waals surface area contributed by atoms with Crippen LogP contribution >= 0.6 is 0 Å². The first-order valence-corrected chi connectivity index (χ1v) is 11.4. The number of hydrogen-bond donors (Lipinski definition) is 0. The average Bonchev–Trinajstić information content (AvgIpc) is 3.16. The molecule has 0 unspecified atom stereocenters. The third-order valence-electron chi connectivity index (χ3n) is 5.08. The first-order chi connectivity index (χ1) is 15.0. The highest BCUT2D eigenvalue weighted by molar-refractivity contribution is 7.90. The van der Waals surface area contributed by atoms with Gasteiger partial charge in [-0.25, -0.2) is 12.8 Å². The van der Waals surface area contributed by atoms with Crippen LogP contribution in [0.25, 0.3) is 11.3 Å². The number of aromatic nitrogens is 1. The van der Waals surface area contributed by atoms with Gasteiger partial charge in [-0.3, -0.25) is 4.98 Å². The highest BCUT2D eigenvalue weighted by Gasteiger charge is 2.30. The predicted octanol–water partition coefficient (Wildman–Crippen LogP) is 4.75. The molecular formula is C22H18F4N2O3S. The molecular weight excluding hydrogens is 448 g/mol. The minimum atomic E-state index is -4.56. The molecule has 5 nitrogen and oxygen atoms in total. The van der Waals surface area contributed by atoms with Crippen molar-refractivity contribution in [2.24, 2.45) is 0 Å². The zero-order valence-electron chi connectivity index (χ0n) is 16.9. The standard InChI is InChI=1S/C22H18F4N2O3S/c1-32(29,30)17-5-3-16(4-6-17)28-11-14-8-9-27-21(19(14)12-28)18-7-2-15(23)10-20(18)31-13-22(24,25)26/h2-10H,11-13H2,1H3. The van der Waals surface area contributed by atoms with E-state index in [-0.39, 0.29) is 16.2 Å². The van der Waals surface area contributed by atoms with Crippen LogP contribution < -0.4 is 9.64 Å². The smallest absolute Gasteiger partial charge is 0.422 e. The number of alkyl halides is 3. The van der Waals surface area contributed by atoms with E-state index >= 15 is 0 Å².